The molecule has 14 heavy (non-hydrogen) atoms. The molecule has 0 bridgehead atoms. The largest absolute Gasteiger partial charge is 0.321 e. The van der Waals surface area contributed by atoms with E-state index in [0.29, 0.717) is 0 Å². The fraction of sp³-hybridized carbons (Fsp3) is 0.333. The fourth-order valence-electron chi connectivity index (χ4n) is 2.00. The van der Waals surface area contributed by atoms with Crippen molar-refractivity contribution in [2.45, 2.75) is 25.3 Å². The minimum absolute atomic E-state index is 0.104. The van der Waals surface area contributed by atoms with E-state index < -0.39 is 0 Å². The van der Waals surface area contributed by atoms with Crippen molar-refractivity contribution in [3.05, 3.63) is 47.3 Å². The summed E-state index contributed by atoms with van der Waals surface area (Å²) in [6.07, 6.45) is 4.53. The maximum absolute atomic E-state index is 13.6. The molecular formula is C12H14FN. The minimum atomic E-state index is -0.254. The van der Waals surface area contributed by atoms with E-state index in [1.807, 2.05) is 6.07 Å². The van der Waals surface area contributed by atoms with E-state index in [9.17, 15) is 4.39 Å². The van der Waals surface area contributed by atoms with Crippen molar-refractivity contribution in [2.75, 3.05) is 0 Å². The van der Waals surface area contributed by atoms with Gasteiger partial charge >= 0.3 is 0 Å². The van der Waals surface area contributed by atoms with Crippen molar-refractivity contribution in [3.8, 4) is 0 Å². The Morgan fingerprint density at radius 1 is 1.43 bits per heavy atom. The Bertz CT molecular complexity index is 371. The molecule has 1 aromatic carbocycles. The van der Waals surface area contributed by atoms with Crippen molar-refractivity contribution in [1.82, 2.24) is 0 Å². The van der Waals surface area contributed by atoms with Gasteiger partial charge in [-0.15, -0.1) is 6.58 Å². The number of hydrogen-bond acceptors (Lipinski definition) is 1. The fourth-order valence-corrected chi connectivity index (χ4v) is 2.00. The molecule has 1 aliphatic rings. The highest BCUT2D eigenvalue weighted by Crippen LogP contribution is 2.27. The van der Waals surface area contributed by atoms with Gasteiger partial charge in [0.05, 0.1) is 0 Å². The van der Waals surface area contributed by atoms with Crippen LogP contribution in [0.25, 0.3) is 0 Å². The number of halogens is 1. The summed E-state index contributed by atoms with van der Waals surface area (Å²) >= 11 is 0. The van der Waals surface area contributed by atoms with Crippen LogP contribution in [0.2, 0.25) is 0 Å². The zero-order chi connectivity index (χ0) is 10.1. The van der Waals surface area contributed by atoms with Gasteiger partial charge in [-0.05, 0) is 42.0 Å². The normalized spacial score (nSPS) is 16.4. The van der Waals surface area contributed by atoms with Gasteiger partial charge in [0.2, 0.25) is 0 Å². The van der Waals surface area contributed by atoms with Gasteiger partial charge in [0.15, 0.2) is 0 Å². The third kappa shape index (κ3) is 1.46. The van der Waals surface area contributed by atoms with Crippen LogP contribution in [0, 0.1) is 5.82 Å². The molecule has 2 rings (SSSR count). The first-order valence-electron chi connectivity index (χ1n) is 4.91. The third-order valence-electron chi connectivity index (χ3n) is 2.82. The Hall–Kier alpha value is -1.15. The summed E-state index contributed by atoms with van der Waals surface area (Å²) in [5.74, 6) is -0.104. The van der Waals surface area contributed by atoms with E-state index in [-0.39, 0.29) is 11.9 Å². The van der Waals surface area contributed by atoms with Crippen molar-refractivity contribution < 1.29 is 4.39 Å². The number of nitrogens with two attached hydrogens (primary N) is 1. The summed E-state index contributed by atoms with van der Waals surface area (Å²) in [6.45, 7) is 3.61. The molecule has 1 aromatic rings. The molecule has 1 unspecified atom stereocenters. The van der Waals surface area contributed by atoms with Gasteiger partial charge in [-0.25, -0.2) is 4.39 Å². The van der Waals surface area contributed by atoms with Crippen LogP contribution in [-0.2, 0) is 12.8 Å². The topological polar surface area (TPSA) is 26.0 Å². The summed E-state index contributed by atoms with van der Waals surface area (Å²) < 4.78 is 13.6. The Kier molecular flexibility index (Phi) is 2.38. The second kappa shape index (κ2) is 3.54. The van der Waals surface area contributed by atoms with Gasteiger partial charge in [0.1, 0.15) is 5.82 Å². The number of hydrogen-bond donors (Lipinski definition) is 1. The van der Waals surface area contributed by atoms with Crippen LogP contribution in [0.1, 0.15) is 29.2 Å². The maximum atomic E-state index is 13.6. The van der Waals surface area contributed by atoms with E-state index in [0.717, 1.165) is 36.0 Å². The maximum Gasteiger partial charge on any atom is 0.127 e. The first-order valence-corrected chi connectivity index (χ1v) is 4.91. The average Bonchev–Trinajstić information content (AvgIpc) is 2.64. The summed E-state index contributed by atoms with van der Waals surface area (Å²) in [7, 11) is 0. The van der Waals surface area contributed by atoms with E-state index in [4.69, 9.17) is 5.73 Å². The lowest BCUT2D eigenvalue weighted by atomic mass is 10.0. The molecule has 0 aliphatic heterocycles. The smallest absolute Gasteiger partial charge is 0.127 e. The molecular weight excluding hydrogens is 177 g/mol. The van der Waals surface area contributed by atoms with Crippen LogP contribution in [0.15, 0.2) is 24.8 Å². The Morgan fingerprint density at radius 2 is 2.21 bits per heavy atom. The molecule has 0 saturated carbocycles. The molecule has 2 heteroatoms. The van der Waals surface area contributed by atoms with Crippen LogP contribution in [0.4, 0.5) is 4.39 Å². The highest BCUT2D eigenvalue weighted by molar-refractivity contribution is 5.38. The van der Waals surface area contributed by atoms with Crippen LogP contribution >= 0.6 is 0 Å². The molecule has 0 heterocycles. The summed E-state index contributed by atoms with van der Waals surface area (Å²) in [5.41, 5.74) is 8.61. The zero-order valence-corrected chi connectivity index (χ0v) is 8.09. The molecule has 0 aromatic heterocycles. The summed E-state index contributed by atoms with van der Waals surface area (Å²) in [4.78, 5) is 0. The van der Waals surface area contributed by atoms with Crippen LogP contribution in [0.5, 0.6) is 0 Å². The van der Waals surface area contributed by atoms with Crippen molar-refractivity contribution in [3.63, 3.8) is 0 Å². The van der Waals surface area contributed by atoms with Gasteiger partial charge in [-0.2, -0.15) is 0 Å². The molecule has 74 valence electrons. The lowest BCUT2D eigenvalue weighted by Gasteiger charge is -2.10. The molecule has 0 amide bonds. The quantitative estimate of drug-likeness (QED) is 0.714. The molecule has 2 N–H and O–H groups in total. The SMILES string of the molecule is C=CC(N)c1cc(F)c2c(c1)CCC2. The molecule has 0 fully saturated rings. The number of fused-ring (bicyclic) bond motifs is 1. The Balaban J connectivity index is 2.46. The minimum Gasteiger partial charge on any atom is -0.321 e. The molecule has 0 radical (unpaired) electrons. The second-order valence-corrected chi connectivity index (χ2v) is 3.76. The van der Waals surface area contributed by atoms with E-state index in [1.54, 1.807) is 6.08 Å². The predicted molar refractivity (Wildman–Crippen MR) is 55.6 cm³/mol. The Labute approximate surface area is 83.4 Å². The third-order valence-corrected chi connectivity index (χ3v) is 2.82. The average molecular weight is 191 g/mol. The molecule has 0 saturated heterocycles. The van der Waals surface area contributed by atoms with Crippen LogP contribution in [-0.4, -0.2) is 0 Å². The second-order valence-electron chi connectivity index (χ2n) is 3.76. The number of rotatable bonds is 2. The highest BCUT2D eigenvalue weighted by Gasteiger charge is 2.17. The monoisotopic (exact) mass is 191 g/mol. The molecule has 0 spiro atoms. The first kappa shape index (κ1) is 9.41. The number of aryl methyl sites for hydroxylation is 1. The molecule has 1 nitrogen and oxygen atoms in total. The van der Waals surface area contributed by atoms with E-state index >= 15 is 0 Å². The van der Waals surface area contributed by atoms with Gasteiger partial charge in [-0.3, -0.25) is 0 Å². The van der Waals surface area contributed by atoms with Crippen molar-refractivity contribution in [1.29, 1.82) is 0 Å². The van der Waals surface area contributed by atoms with E-state index in [1.165, 1.54) is 6.07 Å². The van der Waals surface area contributed by atoms with Gasteiger partial charge in [0.25, 0.3) is 0 Å². The van der Waals surface area contributed by atoms with Gasteiger partial charge < -0.3 is 5.73 Å². The van der Waals surface area contributed by atoms with Crippen LogP contribution < -0.4 is 5.73 Å². The standard InChI is InChI=1S/C12H14FN/c1-2-12(14)9-6-8-4-3-5-10(8)11(13)7-9/h2,6-7,12H,1,3-5,14H2. The zero-order valence-electron chi connectivity index (χ0n) is 8.09. The van der Waals surface area contributed by atoms with Gasteiger partial charge in [0, 0.05) is 6.04 Å². The van der Waals surface area contributed by atoms with Crippen LogP contribution in [0.3, 0.4) is 0 Å². The summed E-state index contributed by atoms with van der Waals surface area (Å²) in [5, 5.41) is 0. The van der Waals surface area contributed by atoms with Crippen molar-refractivity contribution >= 4 is 0 Å². The lowest BCUT2D eigenvalue weighted by Crippen LogP contribution is -2.08. The highest BCUT2D eigenvalue weighted by atomic mass is 19.1. The number of benzene rings is 1. The molecule has 1 aliphatic carbocycles. The van der Waals surface area contributed by atoms with Gasteiger partial charge in [-0.1, -0.05) is 12.1 Å². The first-order chi connectivity index (χ1) is 6.72. The predicted octanol–water partition coefficient (Wildman–Crippen LogP) is 2.50. The summed E-state index contributed by atoms with van der Waals surface area (Å²) in [6, 6.07) is 3.30. The lowest BCUT2D eigenvalue weighted by molar-refractivity contribution is 0.609. The molecule has 1 atom stereocenters. The van der Waals surface area contributed by atoms with E-state index in [2.05, 4.69) is 6.58 Å². The Morgan fingerprint density at radius 3 is 2.93 bits per heavy atom. The van der Waals surface area contributed by atoms with Crippen molar-refractivity contribution in [2.24, 2.45) is 5.73 Å².